The molecule has 9 nitrogen and oxygen atoms in total. The number of anilines is 1. The lowest BCUT2D eigenvalue weighted by Gasteiger charge is -2.22. The quantitative estimate of drug-likeness (QED) is 0.339. The number of non-ortho nitro benzene ring substituents is 1. The van der Waals surface area contributed by atoms with Crippen molar-refractivity contribution in [3.63, 3.8) is 0 Å². The average Bonchev–Trinajstić information content (AvgIpc) is 2.81. The largest absolute Gasteiger partial charge is 0.487 e. The van der Waals surface area contributed by atoms with Crippen molar-refractivity contribution in [3.05, 3.63) is 93.3 Å². The summed E-state index contributed by atoms with van der Waals surface area (Å²) in [6.45, 7) is 3.85. The number of carbonyl (C=O) groups is 2. The van der Waals surface area contributed by atoms with Gasteiger partial charge in [0, 0.05) is 30.1 Å². The molecule has 2 amide bonds. The number of benzene rings is 2. The van der Waals surface area contributed by atoms with E-state index in [1.54, 1.807) is 44.3 Å². The van der Waals surface area contributed by atoms with E-state index < -0.39 is 22.8 Å². The Balaban J connectivity index is 1.67. The first-order valence-corrected chi connectivity index (χ1v) is 10.8. The Morgan fingerprint density at radius 3 is 2.56 bits per heavy atom. The number of amides is 2. The van der Waals surface area contributed by atoms with Crippen LogP contribution < -0.4 is 15.4 Å². The van der Waals surface area contributed by atoms with Gasteiger partial charge in [-0.15, -0.1) is 0 Å². The minimum atomic E-state index is -0.878. The van der Waals surface area contributed by atoms with Gasteiger partial charge in [-0.1, -0.05) is 37.6 Å². The van der Waals surface area contributed by atoms with Gasteiger partial charge in [0.05, 0.1) is 21.2 Å². The van der Waals surface area contributed by atoms with Gasteiger partial charge in [0.15, 0.2) is 0 Å². The second kappa shape index (κ2) is 11.2. The summed E-state index contributed by atoms with van der Waals surface area (Å²) in [5.41, 5.74) is 1.07. The number of rotatable bonds is 9. The molecule has 3 rings (SSSR count). The van der Waals surface area contributed by atoms with Crippen molar-refractivity contribution in [1.29, 1.82) is 0 Å². The molecule has 3 aromatic rings. The number of aromatic nitrogens is 1. The van der Waals surface area contributed by atoms with Gasteiger partial charge in [0.2, 0.25) is 5.91 Å². The highest BCUT2D eigenvalue weighted by Crippen LogP contribution is 2.23. The summed E-state index contributed by atoms with van der Waals surface area (Å²) in [5, 5.41) is 16.3. The van der Waals surface area contributed by atoms with E-state index in [0.717, 1.165) is 11.8 Å². The van der Waals surface area contributed by atoms with E-state index in [1.165, 1.54) is 12.1 Å². The van der Waals surface area contributed by atoms with Gasteiger partial charge in [0.1, 0.15) is 18.4 Å². The van der Waals surface area contributed by atoms with Crippen LogP contribution in [0.2, 0.25) is 5.02 Å². The van der Waals surface area contributed by atoms with E-state index in [2.05, 4.69) is 15.6 Å². The van der Waals surface area contributed by atoms with Crippen LogP contribution in [0.15, 0.2) is 66.9 Å². The maximum absolute atomic E-state index is 12.9. The van der Waals surface area contributed by atoms with Crippen molar-refractivity contribution in [2.45, 2.75) is 26.5 Å². The molecule has 10 heteroatoms. The number of nitro benzene ring substituents is 1. The third-order valence-corrected chi connectivity index (χ3v) is 5.17. The maximum Gasteiger partial charge on any atom is 0.270 e. The molecule has 0 aliphatic heterocycles. The number of hydrogen-bond acceptors (Lipinski definition) is 6. The number of carbonyl (C=O) groups excluding carboxylic acids is 2. The number of pyridine rings is 1. The highest BCUT2D eigenvalue weighted by molar-refractivity contribution is 6.34. The van der Waals surface area contributed by atoms with Crippen molar-refractivity contribution in [2.75, 3.05) is 5.32 Å². The number of ether oxygens (including phenoxy) is 1. The number of nitrogens with one attached hydrogen (secondary N) is 2. The van der Waals surface area contributed by atoms with Crippen LogP contribution in [0.1, 0.15) is 29.9 Å². The molecule has 34 heavy (non-hydrogen) atoms. The van der Waals surface area contributed by atoms with Crippen LogP contribution in [0.5, 0.6) is 5.75 Å². The number of nitrogens with zero attached hydrogens (tertiary/aromatic N) is 2. The monoisotopic (exact) mass is 482 g/mol. The summed E-state index contributed by atoms with van der Waals surface area (Å²) < 4.78 is 5.74. The van der Waals surface area contributed by atoms with Gasteiger partial charge in [-0.3, -0.25) is 24.7 Å². The van der Waals surface area contributed by atoms with Crippen molar-refractivity contribution < 1.29 is 19.2 Å². The SMILES string of the molecule is CC(C)C(NC(=O)c1ccc([N+](=O)[O-])cc1Cl)C(=O)Nc1cccc(OCc2ccccn2)c1. The first-order chi connectivity index (χ1) is 16.2. The fourth-order valence-corrected chi connectivity index (χ4v) is 3.34. The van der Waals surface area contributed by atoms with Crippen LogP contribution in [0.25, 0.3) is 0 Å². The number of hydrogen-bond donors (Lipinski definition) is 2. The first kappa shape index (κ1) is 24.7. The minimum absolute atomic E-state index is 0.0376. The van der Waals surface area contributed by atoms with Crippen LogP contribution >= 0.6 is 11.6 Å². The molecule has 0 saturated heterocycles. The molecule has 1 aromatic heterocycles. The molecule has 0 aliphatic rings. The summed E-state index contributed by atoms with van der Waals surface area (Å²) >= 11 is 6.05. The van der Waals surface area contributed by atoms with Crippen LogP contribution in [-0.4, -0.2) is 27.8 Å². The Kier molecular flexibility index (Phi) is 8.15. The molecule has 1 atom stereocenters. The normalized spacial score (nSPS) is 11.5. The smallest absolute Gasteiger partial charge is 0.270 e. The van der Waals surface area contributed by atoms with Gasteiger partial charge in [-0.05, 0) is 36.2 Å². The molecule has 176 valence electrons. The number of halogens is 1. The summed E-state index contributed by atoms with van der Waals surface area (Å²) in [6, 6.07) is 15.1. The lowest BCUT2D eigenvalue weighted by molar-refractivity contribution is -0.384. The van der Waals surface area contributed by atoms with E-state index in [9.17, 15) is 19.7 Å². The van der Waals surface area contributed by atoms with Crippen molar-refractivity contribution in [2.24, 2.45) is 5.92 Å². The van der Waals surface area contributed by atoms with E-state index in [0.29, 0.717) is 11.4 Å². The zero-order valence-electron chi connectivity index (χ0n) is 18.5. The second-order valence-corrected chi connectivity index (χ2v) is 8.15. The van der Waals surface area contributed by atoms with Crippen molar-refractivity contribution in [3.8, 4) is 5.75 Å². The molecule has 0 bridgehead atoms. The van der Waals surface area contributed by atoms with E-state index in [-0.39, 0.29) is 28.8 Å². The molecule has 1 unspecified atom stereocenters. The Morgan fingerprint density at radius 2 is 1.91 bits per heavy atom. The van der Waals surface area contributed by atoms with Crippen LogP contribution in [0, 0.1) is 16.0 Å². The highest BCUT2D eigenvalue weighted by Gasteiger charge is 2.26. The Bertz CT molecular complexity index is 1190. The molecular weight excluding hydrogens is 460 g/mol. The molecule has 0 saturated carbocycles. The minimum Gasteiger partial charge on any atom is -0.487 e. The Labute approximate surface area is 201 Å². The highest BCUT2D eigenvalue weighted by atomic mass is 35.5. The third kappa shape index (κ3) is 6.52. The molecule has 0 radical (unpaired) electrons. The maximum atomic E-state index is 12.9. The summed E-state index contributed by atoms with van der Waals surface area (Å²) in [5.74, 6) is -0.736. The summed E-state index contributed by atoms with van der Waals surface area (Å²) in [4.78, 5) is 40.1. The zero-order valence-corrected chi connectivity index (χ0v) is 19.3. The zero-order chi connectivity index (χ0) is 24.7. The predicted octanol–water partition coefficient (Wildman–Crippen LogP) is 4.62. The summed E-state index contributed by atoms with van der Waals surface area (Å²) in [7, 11) is 0. The van der Waals surface area contributed by atoms with E-state index >= 15 is 0 Å². The van der Waals surface area contributed by atoms with Gasteiger partial charge >= 0.3 is 0 Å². The van der Waals surface area contributed by atoms with Gasteiger partial charge in [-0.25, -0.2) is 0 Å². The topological polar surface area (TPSA) is 123 Å². The molecule has 1 heterocycles. The van der Waals surface area contributed by atoms with Gasteiger partial charge in [-0.2, -0.15) is 0 Å². The Morgan fingerprint density at radius 1 is 1.12 bits per heavy atom. The summed E-state index contributed by atoms with van der Waals surface area (Å²) in [6.07, 6.45) is 1.68. The fourth-order valence-electron chi connectivity index (χ4n) is 3.08. The first-order valence-electron chi connectivity index (χ1n) is 10.4. The molecule has 0 fully saturated rings. The third-order valence-electron chi connectivity index (χ3n) is 4.86. The van der Waals surface area contributed by atoms with E-state index in [4.69, 9.17) is 16.3 Å². The average molecular weight is 483 g/mol. The van der Waals surface area contributed by atoms with Crippen LogP contribution in [0.3, 0.4) is 0 Å². The molecule has 0 aliphatic carbocycles. The van der Waals surface area contributed by atoms with Crippen molar-refractivity contribution in [1.82, 2.24) is 10.3 Å². The van der Waals surface area contributed by atoms with Gasteiger partial charge in [0.25, 0.3) is 11.6 Å². The number of nitro groups is 1. The fraction of sp³-hybridized carbons (Fsp3) is 0.208. The Hall–Kier alpha value is -3.98. The second-order valence-electron chi connectivity index (χ2n) is 7.74. The van der Waals surface area contributed by atoms with Crippen LogP contribution in [-0.2, 0) is 11.4 Å². The molecule has 2 aromatic carbocycles. The van der Waals surface area contributed by atoms with Crippen molar-refractivity contribution >= 4 is 34.8 Å². The lowest BCUT2D eigenvalue weighted by atomic mass is 10.0. The molecule has 0 spiro atoms. The molecular formula is C24H23ClN4O5. The van der Waals surface area contributed by atoms with Crippen LogP contribution in [0.4, 0.5) is 11.4 Å². The lowest BCUT2D eigenvalue weighted by Crippen LogP contribution is -2.47. The predicted molar refractivity (Wildman–Crippen MR) is 128 cm³/mol. The molecule has 2 N–H and O–H groups in total. The standard InChI is InChI=1S/C24H23ClN4O5/c1-15(2)22(28-23(30)20-10-9-18(29(32)33)13-21(20)25)24(31)27-16-7-5-8-19(12-16)34-14-17-6-3-4-11-26-17/h3-13,15,22H,14H2,1-2H3,(H,27,31)(H,28,30). The van der Waals surface area contributed by atoms with Gasteiger partial charge < -0.3 is 15.4 Å². The van der Waals surface area contributed by atoms with E-state index in [1.807, 2.05) is 18.2 Å².